The Morgan fingerprint density at radius 2 is 1.92 bits per heavy atom. The molecule has 5 unspecified atom stereocenters. The Kier molecular flexibility index (Phi) is 7.77. The lowest BCUT2D eigenvalue weighted by Crippen LogP contribution is -2.57. The van der Waals surface area contributed by atoms with Crippen molar-refractivity contribution in [1.82, 2.24) is 10.2 Å². The van der Waals surface area contributed by atoms with E-state index >= 15 is 0 Å². The molecule has 38 heavy (non-hydrogen) atoms. The van der Waals surface area contributed by atoms with Gasteiger partial charge in [-0.25, -0.2) is 0 Å². The Hall–Kier alpha value is -2.91. The number of nitrogens with one attached hydrogen (secondary N) is 2. The SMILES string of the molecule is CCOc1ccc(NC(=O)C2[C@@H]3C=CC4(O3)C(C(=O)NC3CCCCC3C)N(CCCOC)C(=O)[C@H]24)cc1. The highest BCUT2D eigenvalue weighted by Gasteiger charge is 2.72. The van der Waals surface area contributed by atoms with Crippen LogP contribution >= 0.6 is 0 Å². The number of rotatable bonds is 10. The molecule has 5 rings (SSSR count). The predicted molar refractivity (Wildman–Crippen MR) is 142 cm³/mol. The van der Waals surface area contributed by atoms with Crippen LogP contribution in [0, 0.1) is 17.8 Å². The van der Waals surface area contributed by atoms with Crippen LogP contribution in [0.2, 0.25) is 0 Å². The lowest BCUT2D eigenvalue weighted by atomic mass is 9.74. The van der Waals surface area contributed by atoms with Gasteiger partial charge in [0.05, 0.1) is 24.5 Å². The number of hydrogen-bond acceptors (Lipinski definition) is 6. The Morgan fingerprint density at radius 3 is 2.63 bits per heavy atom. The summed E-state index contributed by atoms with van der Waals surface area (Å²) in [4.78, 5) is 43.0. The van der Waals surface area contributed by atoms with E-state index in [2.05, 4.69) is 17.6 Å². The molecule has 0 aromatic heterocycles. The van der Waals surface area contributed by atoms with Crippen LogP contribution < -0.4 is 15.4 Å². The van der Waals surface area contributed by atoms with Crippen LogP contribution in [-0.4, -0.2) is 73.3 Å². The second-order valence-electron chi connectivity index (χ2n) is 10.9. The molecule has 9 nitrogen and oxygen atoms in total. The molecule has 1 aliphatic carbocycles. The van der Waals surface area contributed by atoms with E-state index in [9.17, 15) is 14.4 Å². The molecule has 4 aliphatic rings. The first-order valence-electron chi connectivity index (χ1n) is 13.9. The van der Waals surface area contributed by atoms with Crippen molar-refractivity contribution in [3.63, 3.8) is 0 Å². The molecule has 1 aromatic carbocycles. The van der Waals surface area contributed by atoms with Crippen LogP contribution in [0.5, 0.6) is 5.75 Å². The molecule has 3 fully saturated rings. The number of anilines is 1. The summed E-state index contributed by atoms with van der Waals surface area (Å²) >= 11 is 0. The Labute approximate surface area is 224 Å². The molecule has 3 amide bonds. The molecule has 7 atom stereocenters. The average Bonchev–Trinajstić information content (AvgIpc) is 3.54. The number of carbonyl (C=O) groups is 3. The van der Waals surface area contributed by atoms with Gasteiger partial charge in [0.15, 0.2) is 0 Å². The highest BCUT2D eigenvalue weighted by atomic mass is 16.5. The monoisotopic (exact) mass is 525 g/mol. The van der Waals surface area contributed by atoms with E-state index in [1.807, 2.05) is 19.1 Å². The molecule has 1 saturated carbocycles. The van der Waals surface area contributed by atoms with Crippen LogP contribution in [0.25, 0.3) is 0 Å². The highest BCUT2D eigenvalue weighted by molar-refractivity contribution is 6.02. The summed E-state index contributed by atoms with van der Waals surface area (Å²) in [6.45, 7) is 5.46. The molecular formula is C29H39N3O6. The minimum Gasteiger partial charge on any atom is -0.494 e. The van der Waals surface area contributed by atoms with Crippen LogP contribution in [0.15, 0.2) is 36.4 Å². The van der Waals surface area contributed by atoms with E-state index in [0.29, 0.717) is 37.8 Å². The summed E-state index contributed by atoms with van der Waals surface area (Å²) < 4.78 is 17.1. The molecule has 0 radical (unpaired) electrons. The Bertz CT molecular complexity index is 1070. The van der Waals surface area contributed by atoms with E-state index in [-0.39, 0.29) is 23.8 Å². The van der Waals surface area contributed by atoms with Gasteiger partial charge in [-0.15, -0.1) is 0 Å². The van der Waals surface area contributed by atoms with E-state index in [1.165, 1.54) is 6.42 Å². The molecular weight excluding hydrogens is 486 g/mol. The number of nitrogens with zero attached hydrogens (tertiary/aromatic N) is 1. The quantitative estimate of drug-likeness (QED) is 0.360. The molecule has 2 bridgehead atoms. The van der Waals surface area contributed by atoms with E-state index in [4.69, 9.17) is 14.2 Å². The van der Waals surface area contributed by atoms with Gasteiger partial charge < -0.3 is 29.7 Å². The minimum atomic E-state index is -1.16. The van der Waals surface area contributed by atoms with Gasteiger partial charge in [0.25, 0.3) is 0 Å². The van der Waals surface area contributed by atoms with E-state index < -0.39 is 29.6 Å². The zero-order chi connectivity index (χ0) is 26.9. The maximum atomic E-state index is 13.9. The van der Waals surface area contributed by atoms with Gasteiger partial charge in [-0.2, -0.15) is 0 Å². The first kappa shape index (κ1) is 26.7. The van der Waals surface area contributed by atoms with Gasteiger partial charge in [-0.1, -0.05) is 31.9 Å². The van der Waals surface area contributed by atoms with Crippen molar-refractivity contribution >= 4 is 23.4 Å². The minimum absolute atomic E-state index is 0.0731. The Morgan fingerprint density at radius 1 is 1.16 bits per heavy atom. The fraction of sp³-hybridized carbons (Fsp3) is 0.621. The second-order valence-corrected chi connectivity index (χ2v) is 10.9. The maximum Gasteiger partial charge on any atom is 0.246 e. The highest BCUT2D eigenvalue weighted by Crippen LogP contribution is 2.55. The predicted octanol–water partition coefficient (Wildman–Crippen LogP) is 2.91. The standard InChI is InChI=1S/C29H39N3O6/c1-4-37-20-12-10-19(11-13-20)30-26(33)23-22-14-15-29(38-22)24(23)28(35)32(16-7-17-36-3)25(29)27(34)31-21-9-6-5-8-18(21)2/h10-15,18,21-25H,4-9,16-17H2,1-3H3,(H,30,33)(H,31,34)/t18?,21?,22-,23?,24-,25?,29?/m0/s1. The molecule has 1 aromatic rings. The maximum absolute atomic E-state index is 13.9. The van der Waals surface area contributed by atoms with Crippen LogP contribution in [0.3, 0.4) is 0 Å². The summed E-state index contributed by atoms with van der Waals surface area (Å²) in [5.41, 5.74) is -0.542. The van der Waals surface area contributed by atoms with Gasteiger partial charge in [-0.05, 0) is 56.4 Å². The number of amides is 3. The number of likely N-dealkylation sites (tertiary alicyclic amines) is 1. The fourth-order valence-electron chi connectivity index (χ4n) is 6.71. The van der Waals surface area contributed by atoms with Gasteiger partial charge in [0, 0.05) is 32.0 Å². The number of fused-ring (bicyclic) bond motifs is 1. The zero-order valence-electron chi connectivity index (χ0n) is 22.5. The normalized spacial score (nSPS) is 33.3. The first-order valence-corrected chi connectivity index (χ1v) is 13.9. The molecule has 3 heterocycles. The molecule has 206 valence electrons. The van der Waals surface area contributed by atoms with Crippen molar-refractivity contribution < 1.29 is 28.6 Å². The third-order valence-corrected chi connectivity index (χ3v) is 8.54. The summed E-state index contributed by atoms with van der Waals surface area (Å²) in [5.74, 6) is -1.09. The zero-order valence-corrected chi connectivity index (χ0v) is 22.5. The van der Waals surface area contributed by atoms with Crippen molar-refractivity contribution in [2.45, 2.75) is 69.7 Å². The van der Waals surface area contributed by atoms with Crippen molar-refractivity contribution in [2.75, 3.05) is 32.2 Å². The topological polar surface area (TPSA) is 106 Å². The third-order valence-electron chi connectivity index (χ3n) is 8.54. The average molecular weight is 526 g/mol. The fourth-order valence-corrected chi connectivity index (χ4v) is 6.71. The number of hydrogen-bond donors (Lipinski definition) is 2. The van der Waals surface area contributed by atoms with Crippen molar-refractivity contribution in [3.05, 3.63) is 36.4 Å². The van der Waals surface area contributed by atoms with E-state index in [0.717, 1.165) is 25.0 Å². The molecule has 3 aliphatic heterocycles. The van der Waals surface area contributed by atoms with E-state index in [1.54, 1.807) is 36.3 Å². The summed E-state index contributed by atoms with van der Waals surface area (Å²) in [5, 5.41) is 6.20. The third kappa shape index (κ3) is 4.71. The lowest BCUT2D eigenvalue weighted by Gasteiger charge is -2.36. The van der Waals surface area contributed by atoms with Gasteiger partial charge in [0.1, 0.15) is 17.4 Å². The van der Waals surface area contributed by atoms with Crippen molar-refractivity contribution in [2.24, 2.45) is 17.8 Å². The van der Waals surface area contributed by atoms with Crippen molar-refractivity contribution in [1.29, 1.82) is 0 Å². The second kappa shape index (κ2) is 11.1. The van der Waals surface area contributed by atoms with Crippen LogP contribution in [0.4, 0.5) is 5.69 Å². The Balaban J connectivity index is 1.39. The number of benzene rings is 1. The van der Waals surface area contributed by atoms with Gasteiger partial charge >= 0.3 is 0 Å². The summed E-state index contributed by atoms with van der Waals surface area (Å²) in [6.07, 6.45) is 7.98. The first-order chi connectivity index (χ1) is 18.4. The number of ether oxygens (including phenoxy) is 3. The number of carbonyl (C=O) groups excluding carboxylic acids is 3. The smallest absolute Gasteiger partial charge is 0.246 e. The lowest BCUT2D eigenvalue weighted by molar-refractivity contribution is -0.141. The van der Waals surface area contributed by atoms with Gasteiger partial charge in [-0.3, -0.25) is 14.4 Å². The van der Waals surface area contributed by atoms with Crippen molar-refractivity contribution in [3.8, 4) is 5.75 Å². The van der Waals surface area contributed by atoms with Crippen LogP contribution in [0.1, 0.15) is 46.0 Å². The largest absolute Gasteiger partial charge is 0.494 e. The molecule has 2 N–H and O–H groups in total. The summed E-state index contributed by atoms with van der Waals surface area (Å²) in [7, 11) is 1.61. The molecule has 2 saturated heterocycles. The molecule has 1 spiro atoms. The summed E-state index contributed by atoms with van der Waals surface area (Å²) in [6, 6.07) is 6.39. The molecule has 9 heteroatoms. The van der Waals surface area contributed by atoms with Gasteiger partial charge in [0.2, 0.25) is 17.7 Å². The number of methoxy groups -OCH3 is 1. The van der Waals surface area contributed by atoms with Crippen LogP contribution in [-0.2, 0) is 23.9 Å².